The summed E-state index contributed by atoms with van der Waals surface area (Å²) in [5.41, 5.74) is 6.75. The Kier molecular flexibility index (Phi) is 7.38. The summed E-state index contributed by atoms with van der Waals surface area (Å²) in [7, 11) is 0. The molecule has 8 heteroatoms. The van der Waals surface area contributed by atoms with Crippen molar-refractivity contribution in [1.82, 2.24) is 10.2 Å². The zero-order valence-corrected chi connectivity index (χ0v) is 19.3. The van der Waals surface area contributed by atoms with Gasteiger partial charge < -0.3 is 20.7 Å². The fraction of sp³-hybridized carbons (Fsp3) is 0.583. The third kappa shape index (κ3) is 5.11. The molecule has 1 saturated heterocycles. The monoisotopic (exact) mass is 460 g/mol. The number of anilines is 1. The largest absolute Gasteiger partial charge is 0.375 e. The van der Waals surface area contributed by atoms with Crippen molar-refractivity contribution in [3.8, 4) is 0 Å². The van der Waals surface area contributed by atoms with Crippen LogP contribution in [0.15, 0.2) is 36.4 Å². The number of ether oxygens (including phenoxy) is 1. The summed E-state index contributed by atoms with van der Waals surface area (Å²) < 4.78 is 5.93. The van der Waals surface area contributed by atoms with Gasteiger partial charge in [-0.3, -0.25) is 14.5 Å². The summed E-state index contributed by atoms with van der Waals surface area (Å²) in [6.07, 6.45) is 4.85. The van der Waals surface area contributed by atoms with E-state index in [0.29, 0.717) is 13.2 Å². The first-order valence-electron chi connectivity index (χ1n) is 11.6. The number of allylic oxidation sites excluding steroid dienone is 2. The first kappa shape index (κ1) is 23.1. The van der Waals surface area contributed by atoms with E-state index in [1.54, 1.807) is 0 Å². The van der Waals surface area contributed by atoms with Gasteiger partial charge in [-0.05, 0) is 43.4 Å². The number of carbonyl (C=O) groups excluding carboxylic acids is 2. The van der Waals surface area contributed by atoms with Crippen LogP contribution in [0.1, 0.15) is 13.3 Å². The summed E-state index contributed by atoms with van der Waals surface area (Å²) >= 11 is 6.13. The van der Waals surface area contributed by atoms with Crippen molar-refractivity contribution in [1.29, 1.82) is 0 Å². The number of primary amides is 1. The van der Waals surface area contributed by atoms with Crippen LogP contribution in [0.2, 0.25) is 5.02 Å². The number of piperazine rings is 1. The highest BCUT2D eigenvalue weighted by molar-refractivity contribution is 6.30. The Bertz CT molecular complexity index is 855. The lowest BCUT2D eigenvalue weighted by Crippen LogP contribution is -2.51. The molecule has 1 aromatic carbocycles. The van der Waals surface area contributed by atoms with Crippen LogP contribution >= 0.6 is 11.6 Å². The van der Waals surface area contributed by atoms with Crippen LogP contribution in [0.4, 0.5) is 5.69 Å². The number of hydrogen-bond donors (Lipinski definition) is 2. The lowest BCUT2D eigenvalue weighted by Gasteiger charge is -2.37. The van der Waals surface area contributed by atoms with Gasteiger partial charge in [-0.1, -0.05) is 29.8 Å². The van der Waals surface area contributed by atoms with Crippen molar-refractivity contribution in [3.63, 3.8) is 0 Å². The fourth-order valence-corrected chi connectivity index (χ4v) is 5.65. The predicted molar refractivity (Wildman–Crippen MR) is 125 cm³/mol. The summed E-state index contributed by atoms with van der Waals surface area (Å²) in [4.78, 5) is 29.6. The highest BCUT2D eigenvalue weighted by Gasteiger charge is 2.50. The lowest BCUT2D eigenvalue weighted by atomic mass is 9.82. The number of amides is 2. The second kappa shape index (κ2) is 10.2. The van der Waals surface area contributed by atoms with Crippen molar-refractivity contribution < 1.29 is 14.3 Å². The minimum absolute atomic E-state index is 0.0823. The number of nitrogens with two attached hydrogens (primary N) is 1. The zero-order chi connectivity index (χ0) is 22.7. The van der Waals surface area contributed by atoms with Crippen molar-refractivity contribution in [2.24, 2.45) is 29.4 Å². The van der Waals surface area contributed by atoms with E-state index in [2.05, 4.69) is 27.3 Å². The van der Waals surface area contributed by atoms with Gasteiger partial charge in [-0.2, -0.15) is 0 Å². The molecule has 7 nitrogen and oxygen atoms in total. The number of nitrogens with zero attached hydrogens (tertiary/aromatic N) is 2. The molecule has 2 bridgehead atoms. The van der Waals surface area contributed by atoms with E-state index < -0.39 is 5.92 Å². The smallest absolute Gasteiger partial charge is 0.224 e. The highest BCUT2D eigenvalue weighted by Crippen LogP contribution is 2.47. The van der Waals surface area contributed by atoms with Gasteiger partial charge in [0.1, 0.15) is 0 Å². The van der Waals surface area contributed by atoms with E-state index in [-0.39, 0.29) is 35.7 Å². The van der Waals surface area contributed by atoms with Gasteiger partial charge in [-0.15, -0.1) is 0 Å². The van der Waals surface area contributed by atoms with Gasteiger partial charge in [0.2, 0.25) is 11.8 Å². The summed E-state index contributed by atoms with van der Waals surface area (Å²) in [6, 6.07) is 7.96. The number of carbonyl (C=O) groups is 2. The van der Waals surface area contributed by atoms with E-state index in [0.717, 1.165) is 49.9 Å². The molecule has 1 aromatic rings. The summed E-state index contributed by atoms with van der Waals surface area (Å²) in [5, 5.41) is 3.80. The standard InChI is InChI=1S/C24H33ClN4O3/c1-2-32-20(14-27-24(31)22-17-7-6-16(12-17)21(22)23(26)30)15-28-8-10-29(11-9-28)19-5-3-4-18(25)13-19/h3-7,13,16-17,20-22H,2,8-12,14-15H2,1H3,(H2,26,30)(H,27,31). The molecule has 5 atom stereocenters. The highest BCUT2D eigenvalue weighted by atomic mass is 35.5. The minimum atomic E-state index is -0.393. The molecule has 2 amide bonds. The number of hydrogen-bond acceptors (Lipinski definition) is 5. The molecule has 3 N–H and O–H groups in total. The Balaban J connectivity index is 1.27. The molecule has 3 aliphatic rings. The third-order valence-corrected chi connectivity index (χ3v) is 7.24. The molecule has 0 radical (unpaired) electrons. The number of fused-ring (bicyclic) bond motifs is 2. The van der Waals surface area contributed by atoms with E-state index in [1.165, 1.54) is 0 Å². The summed E-state index contributed by atoms with van der Waals surface area (Å²) in [5.74, 6) is -0.988. The van der Waals surface area contributed by atoms with E-state index in [1.807, 2.05) is 31.2 Å². The van der Waals surface area contributed by atoms with Crippen molar-refractivity contribution in [2.75, 3.05) is 50.8 Å². The van der Waals surface area contributed by atoms with Crippen molar-refractivity contribution in [2.45, 2.75) is 19.4 Å². The van der Waals surface area contributed by atoms with Gasteiger partial charge >= 0.3 is 0 Å². The Morgan fingerprint density at radius 1 is 1.19 bits per heavy atom. The molecular formula is C24H33ClN4O3. The first-order valence-corrected chi connectivity index (χ1v) is 11.9. The predicted octanol–water partition coefficient (Wildman–Crippen LogP) is 1.91. The summed E-state index contributed by atoms with van der Waals surface area (Å²) in [6.45, 7) is 7.43. The Hall–Kier alpha value is -2.09. The van der Waals surface area contributed by atoms with Gasteiger partial charge in [0.15, 0.2) is 0 Å². The Morgan fingerprint density at radius 3 is 2.56 bits per heavy atom. The first-order chi connectivity index (χ1) is 15.5. The SMILES string of the molecule is CCOC(CNC(=O)C1C2C=CC(C2)C1C(N)=O)CN1CCN(c2cccc(Cl)c2)CC1. The van der Waals surface area contributed by atoms with Crippen LogP contribution in [0.3, 0.4) is 0 Å². The molecule has 1 aliphatic heterocycles. The molecule has 2 aliphatic carbocycles. The number of benzene rings is 1. The van der Waals surface area contributed by atoms with Crippen LogP contribution in [0.5, 0.6) is 0 Å². The van der Waals surface area contributed by atoms with Gasteiger partial charge in [0.05, 0.1) is 17.9 Å². The van der Waals surface area contributed by atoms with E-state index in [9.17, 15) is 9.59 Å². The maximum absolute atomic E-state index is 12.9. The van der Waals surface area contributed by atoms with Crippen LogP contribution in [0, 0.1) is 23.7 Å². The Morgan fingerprint density at radius 2 is 1.91 bits per heavy atom. The molecule has 174 valence electrons. The van der Waals surface area contributed by atoms with E-state index in [4.69, 9.17) is 22.1 Å². The minimum Gasteiger partial charge on any atom is -0.375 e. The van der Waals surface area contributed by atoms with E-state index >= 15 is 0 Å². The molecule has 0 aromatic heterocycles. The lowest BCUT2D eigenvalue weighted by molar-refractivity contribution is -0.134. The molecule has 1 saturated carbocycles. The van der Waals surface area contributed by atoms with Crippen molar-refractivity contribution in [3.05, 3.63) is 41.4 Å². The Labute approximate surface area is 194 Å². The molecule has 32 heavy (non-hydrogen) atoms. The van der Waals surface area contributed by atoms with Crippen LogP contribution < -0.4 is 16.0 Å². The number of halogens is 1. The zero-order valence-electron chi connectivity index (χ0n) is 18.6. The van der Waals surface area contributed by atoms with Crippen LogP contribution in [-0.2, 0) is 14.3 Å². The maximum atomic E-state index is 12.9. The average molecular weight is 461 g/mol. The topological polar surface area (TPSA) is 87.9 Å². The molecule has 1 heterocycles. The number of nitrogens with one attached hydrogen (secondary N) is 1. The second-order valence-electron chi connectivity index (χ2n) is 8.99. The average Bonchev–Trinajstić information content (AvgIpc) is 3.40. The third-order valence-electron chi connectivity index (χ3n) is 7.00. The molecular weight excluding hydrogens is 428 g/mol. The molecule has 4 rings (SSSR count). The molecule has 0 spiro atoms. The second-order valence-corrected chi connectivity index (χ2v) is 9.43. The quantitative estimate of drug-likeness (QED) is 0.549. The number of rotatable bonds is 9. The van der Waals surface area contributed by atoms with Gasteiger partial charge in [0.25, 0.3) is 0 Å². The fourth-order valence-electron chi connectivity index (χ4n) is 5.46. The van der Waals surface area contributed by atoms with Crippen LogP contribution in [-0.4, -0.2) is 68.7 Å². The van der Waals surface area contributed by atoms with Gasteiger partial charge in [-0.25, -0.2) is 0 Å². The normalized spacial score (nSPS) is 28.1. The molecule has 5 unspecified atom stereocenters. The maximum Gasteiger partial charge on any atom is 0.224 e. The van der Waals surface area contributed by atoms with Crippen LogP contribution in [0.25, 0.3) is 0 Å². The van der Waals surface area contributed by atoms with Gasteiger partial charge in [0, 0.05) is 56.6 Å². The van der Waals surface area contributed by atoms with Crippen molar-refractivity contribution >= 4 is 29.1 Å². The molecule has 2 fully saturated rings.